The highest BCUT2D eigenvalue weighted by Gasteiger charge is 2.11. The first-order valence-corrected chi connectivity index (χ1v) is 10.2. The highest BCUT2D eigenvalue weighted by atomic mass is 16.7. The molecule has 0 rings (SSSR count). The van der Waals surface area contributed by atoms with Gasteiger partial charge in [0.1, 0.15) is 0 Å². The molecule has 0 bridgehead atoms. The first-order chi connectivity index (χ1) is 11.7. The van der Waals surface area contributed by atoms with E-state index in [0.29, 0.717) is 6.61 Å². The van der Waals surface area contributed by atoms with Gasteiger partial charge in [0.25, 0.3) is 0 Å². The van der Waals surface area contributed by atoms with Gasteiger partial charge < -0.3 is 9.47 Å². The van der Waals surface area contributed by atoms with E-state index in [1.807, 2.05) is 6.92 Å². The molecule has 0 aromatic carbocycles. The number of carbonyl (C=O) groups is 1. The van der Waals surface area contributed by atoms with Crippen LogP contribution in [-0.4, -0.2) is 18.9 Å². The summed E-state index contributed by atoms with van der Waals surface area (Å²) < 4.78 is 10.6. The van der Waals surface area contributed by atoms with Crippen molar-refractivity contribution in [1.82, 2.24) is 0 Å². The second kappa shape index (κ2) is 18.5. The average molecular weight is 341 g/mol. The zero-order chi connectivity index (χ0) is 17.9. The molecule has 0 spiro atoms. The lowest BCUT2D eigenvalue weighted by Gasteiger charge is -2.16. The number of esters is 1. The van der Waals surface area contributed by atoms with E-state index in [1.54, 1.807) is 0 Å². The molecule has 0 aromatic heterocycles. The van der Waals surface area contributed by atoms with Gasteiger partial charge in [0.2, 0.25) is 6.29 Å². The standard InChI is InChI=1S/C21H40O3/c1-4-7-8-9-10-11-12-13-14-15-16-17-18-19-21(23-6-3)24-20(22)5-2/h5,21H,2,4,6-19H2,1,3H3. The van der Waals surface area contributed by atoms with Crippen LogP contribution in [0.3, 0.4) is 0 Å². The zero-order valence-corrected chi connectivity index (χ0v) is 16.2. The maximum Gasteiger partial charge on any atom is 0.332 e. The molecule has 142 valence electrons. The lowest BCUT2D eigenvalue weighted by molar-refractivity contribution is -0.173. The molecule has 0 saturated carbocycles. The summed E-state index contributed by atoms with van der Waals surface area (Å²) in [6, 6.07) is 0. The van der Waals surface area contributed by atoms with E-state index in [9.17, 15) is 4.79 Å². The van der Waals surface area contributed by atoms with Crippen LogP contribution in [0.25, 0.3) is 0 Å². The average Bonchev–Trinajstić information content (AvgIpc) is 2.58. The molecule has 0 fully saturated rings. The van der Waals surface area contributed by atoms with Crippen LogP contribution in [0.2, 0.25) is 0 Å². The minimum Gasteiger partial charge on any atom is -0.433 e. The highest BCUT2D eigenvalue weighted by Crippen LogP contribution is 2.14. The monoisotopic (exact) mass is 340 g/mol. The molecule has 0 aliphatic heterocycles. The van der Waals surface area contributed by atoms with Crippen LogP contribution in [0, 0.1) is 0 Å². The number of hydrogen-bond donors (Lipinski definition) is 0. The molecule has 0 aliphatic rings. The quantitative estimate of drug-likeness (QED) is 0.123. The fourth-order valence-electron chi connectivity index (χ4n) is 2.87. The van der Waals surface area contributed by atoms with Crippen LogP contribution in [0.1, 0.15) is 104 Å². The number of ether oxygens (including phenoxy) is 2. The van der Waals surface area contributed by atoms with Crippen molar-refractivity contribution in [2.75, 3.05) is 6.61 Å². The van der Waals surface area contributed by atoms with Crippen LogP contribution in [0.5, 0.6) is 0 Å². The zero-order valence-electron chi connectivity index (χ0n) is 16.2. The van der Waals surface area contributed by atoms with Crippen molar-refractivity contribution in [3.05, 3.63) is 12.7 Å². The highest BCUT2D eigenvalue weighted by molar-refractivity contribution is 5.81. The minimum absolute atomic E-state index is 0.400. The van der Waals surface area contributed by atoms with Gasteiger partial charge in [-0.05, 0) is 13.3 Å². The van der Waals surface area contributed by atoms with Crippen molar-refractivity contribution < 1.29 is 14.3 Å². The molecule has 1 atom stereocenters. The van der Waals surface area contributed by atoms with Gasteiger partial charge in [-0.3, -0.25) is 0 Å². The predicted molar refractivity (Wildman–Crippen MR) is 102 cm³/mol. The summed E-state index contributed by atoms with van der Waals surface area (Å²) in [6.07, 6.45) is 18.9. The van der Waals surface area contributed by atoms with E-state index in [4.69, 9.17) is 9.47 Å². The van der Waals surface area contributed by atoms with Crippen LogP contribution < -0.4 is 0 Å². The maximum absolute atomic E-state index is 11.2. The first-order valence-electron chi connectivity index (χ1n) is 10.2. The molecule has 24 heavy (non-hydrogen) atoms. The van der Waals surface area contributed by atoms with E-state index >= 15 is 0 Å². The largest absolute Gasteiger partial charge is 0.433 e. The Morgan fingerprint density at radius 2 is 1.29 bits per heavy atom. The third kappa shape index (κ3) is 16.0. The molecule has 1 unspecified atom stereocenters. The fraction of sp³-hybridized carbons (Fsp3) is 0.857. The lowest BCUT2D eigenvalue weighted by atomic mass is 10.0. The Kier molecular flexibility index (Phi) is 17.9. The van der Waals surface area contributed by atoms with Gasteiger partial charge in [-0.1, -0.05) is 90.6 Å². The molecular formula is C21H40O3. The predicted octanol–water partition coefficient (Wildman–Crippen LogP) is 6.56. The molecule has 0 aliphatic carbocycles. The molecule has 0 radical (unpaired) electrons. The number of hydrogen-bond acceptors (Lipinski definition) is 3. The third-order valence-electron chi connectivity index (χ3n) is 4.31. The summed E-state index contributed by atoms with van der Waals surface area (Å²) in [7, 11) is 0. The van der Waals surface area contributed by atoms with Gasteiger partial charge in [0, 0.05) is 19.1 Å². The second-order valence-electron chi connectivity index (χ2n) is 6.56. The Hall–Kier alpha value is -0.830. The summed E-state index contributed by atoms with van der Waals surface area (Å²) in [5.74, 6) is -0.400. The number of unbranched alkanes of at least 4 members (excludes halogenated alkanes) is 12. The topological polar surface area (TPSA) is 35.5 Å². The van der Waals surface area contributed by atoms with Crippen LogP contribution in [0.15, 0.2) is 12.7 Å². The van der Waals surface area contributed by atoms with Crippen molar-refractivity contribution in [1.29, 1.82) is 0 Å². The molecule has 0 amide bonds. The number of carbonyl (C=O) groups excluding carboxylic acids is 1. The van der Waals surface area contributed by atoms with Crippen molar-refractivity contribution in [2.45, 2.75) is 110 Å². The Morgan fingerprint density at radius 3 is 1.71 bits per heavy atom. The molecule has 3 nitrogen and oxygen atoms in total. The Bertz CT molecular complexity index is 289. The van der Waals surface area contributed by atoms with Crippen molar-refractivity contribution in [3.8, 4) is 0 Å². The number of rotatable bonds is 18. The van der Waals surface area contributed by atoms with Gasteiger partial charge in [-0.25, -0.2) is 4.79 Å². The molecule has 0 saturated heterocycles. The van der Waals surface area contributed by atoms with Gasteiger partial charge in [-0.15, -0.1) is 0 Å². The van der Waals surface area contributed by atoms with E-state index in [2.05, 4.69) is 13.5 Å². The van der Waals surface area contributed by atoms with Crippen molar-refractivity contribution >= 4 is 5.97 Å². The summed E-state index contributed by atoms with van der Waals surface area (Å²) in [6.45, 7) is 8.16. The summed E-state index contributed by atoms with van der Waals surface area (Å²) >= 11 is 0. The van der Waals surface area contributed by atoms with Gasteiger partial charge >= 0.3 is 5.97 Å². The summed E-state index contributed by atoms with van der Waals surface area (Å²) in [5, 5.41) is 0. The van der Waals surface area contributed by atoms with Gasteiger partial charge in [0.15, 0.2) is 0 Å². The molecule has 0 N–H and O–H groups in total. The SMILES string of the molecule is C=CC(=O)OC(CCCCCCCCCCCCCCC)OCC. The Balaban J connectivity index is 3.36. The van der Waals surface area contributed by atoms with Crippen LogP contribution >= 0.6 is 0 Å². The molecule has 0 aromatic rings. The van der Waals surface area contributed by atoms with Crippen LogP contribution in [-0.2, 0) is 14.3 Å². The first kappa shape index (κ1) is 23.2. The maximum atomic E-state index is 11.2. The molecule has 0 heterocycles. The molecule has 3 heteroatoms. The normalized spacial score (nSPS) is 12.1. The van der Waals surface area contributed by atoms with Gasteiger partial charge in [-0.2, -0.15) is 0 Å². The lowest BCUT2D eigenvalue weighted by Crippen LogP contribution is -2.20. The van der Waals surface area contributed by atoms with E-state index in [0.717, 1.165) is 12.8 Å². The Labute approximate surface area is 150 Å². The van der Waals surface area contributed by atoms with Crippen molar-refractivity contribution in [2.24, 2.45) is 0 Å². The summed E-state index contributed by atoms with van der Waals surface area (Å²) in [5.41, 5.74) is 0. The van der Waals surface area contributed by atoms with E-state index in [1.165, 1.54) is 83.1 Å². The van der Waals surface area contributed by atoms with Crippen molar-refractivity contribution in [3.63, 3.8) is 0 Å². The third-order valence-corrected chi connectivity index (χ3v) is 4.31. The van der Waals surface area contributed by atoms with Crippen LogP contribution in [0.4, 0.5) is 0 Å². The smallest absolute Gasteiger partial charge is 0.332 e. The molecular weight excluding hydrogens is 300 g/mol. The fourth-order valence-corrected chi connectivity index (χ4v) is 2.87. The van der Waals surface area contributed by atoms with E-state index < -0.39 is 12.3 Å². The van der Waals surface area contributed by atoms with E-state index in [-0.39, 0.29) is 0 Å². The summed E-state index contributed by atoms with van der Waals surface area (Å²) in [4.78, 5) is 11.2. The van der Waals surface area contributed by atoms with Gasteiger partial charge in [0.05, 0.1) is 0 Å². The minimum atomic E-state index is -0.409. The second-order valence-corrected chi connectivity index (χ2v) is 6.56. The Morgan fingerprint density at radius 1 is 0.833 bits per heavy atom.